The van der Waals surface area contributed by atoms with Crippen molar-refractivity contribution in [1.29, 1.82) is 0 Å². The Kier molecular flexibility index (Phi) is 7.39. The number of carbonyl (C=O) groups is 2. The van der Waals surface area contributed by atoms with E-state index in [1.165, 1.54) is 24.3 Å². The van der Waals surface area contributed by atoms with Crippen LogP contribution in [-0.4, -0.2) is 38.0 Å². The SMILES string of the molecule is C#CCNS(=O)(=O)c1cccc(C(=O)NC2CCCCCCC2C(=O)O)c1. The zero-order chi connectivity index (χ0) is 19.9. The van der Waals surface area contributed by atoms with Crippen molar-refractivity contribution in [3.05, 3.63) is 29.8 Å². The van der Waals surface area contributed by atoms with Gasteiger partial charge < -0.3 is 10.4 Å². The molecule has 0 saturated heterocycles. The Morgan fingerprint density at radius 1 is 1.19 bits per heavy atom. The molecule has 146 valence electrons. The Morgan fingerprint density at radius 3 is 2.56 bits per heavy atom. The highest BCUT2D eigenvalue weighted by Crippen LogP contribution is 2.24. The molecular formula is C19H24N2O5S. The van der Waals surface area contributed by atoms with Crippen LogP contribution in [0.15, 0.2) is 29.2 Å². The summed E-state index contributed by atoms with van der Waals surface area (Å²) in [6.07, 6.45) is 9.84. The number of benzene rings is 1. The lowest BCUT2D eigenvalue weighted by Gasteiger charge is -2.27. The maximum Gasteiger partial charge on any atom is 0.308 e. The standard InChI is InChI=1S/C19H24N2O5S/c1-2-12-20-27(25,26)15-9-7-8-14(13-15)18(22)21-17-11-6-4-3-5-10-16(17)19(23)24/h1,7-9,13,16-17,20H,3-6,10-12H2,(H,21,22)(H,23,24). The first-order valence-electron chi connectivity index (χ1n) is 8.92. The Balaban J connectivity index is 2.18. The van der Waals surface area contributed by atoms with Crippen LogP contribution >= 0.6 is 0 Å². The van der Waals surface area contributed by atoms with E-state index in [1.807, 2.05) is 0 Å². The summed E-state index contributed by atoms with van der Waals surface area (Å²) in [4.78, 5) is 24.1. The van der Waals surface area contributed by atoms with Gasteiger partial charge in [0.25, 0.3) is 5.91 Å². The Morgan fingerprint density at radius 2 is 1.89 bits per heavy atom. The van der Waals surface area contributed by atoms with Gasteiger partial charge in [0.15, 0.2) is 0 Å². The molecule has 27 heavy (non-hydrogen) atoms. The summed E-state index contributed by atoms with van der Waals surface area (Å²) < 4.78 is 26.6. The third-order valence-corrected chi connectivity index (χ3v) is 6.07. The molecule has 0 bridgehead atoms. The van der Waals surface area contributed by atoms with E-state index in [-0.39, 0.29) is 17.0 Å². The number of carboxylic acid groups (broad SMARTS) is 1. The highest BCUT2D eigenvalue weighted by Gasteiger charge is 2.30. The molecule has 1 aromatic rings. The van der Waals surface area contributed by atoms with Crippen molar-refractivity contribution in [2.24, 2.45) is 5.92 Å². The predicted molar refractivity (Wildman–Crippen MR) is 101 cm³/mol. The van der Waals surface area contributed by atoms with Crippen LogP contribution in [-0.2, 0) is 14.8 Å². The molecule has 1 aliphatic rings. The second-order valence-electron chi connectivity index (χ2n) is 6.57. The molecule has 1 amide bonds. The summed E-state index contributed by atoms with van der Waals surface area (Å²) in [5, 5.41) is 12.3. The van der Waals surface area contributed by atoms with E-state index < -0.39 is 33.9 Å². The van der Waals surface area contributed by atoms with Crippen LogP contribution in [0.25, 0.3) is 0 Å². The monoisotopic (exact) mass is 392 g/mol. The topological polar surface area (TPSA) is 113 Å². The highest BCUT2D eigenvalue weighted by molar-refractivity contribution is 7.89. The fourth-order valence-electron chi connectivity index (χ4n) is 3.23. The molecule has 0 radical (unpaired) electrons. The molecule has 2 rings (SSSR count). The van der Waals surface area contributed by atoms with E-state index in [9.17, 15) is 23.1 Å². The lowest BCUT2D eigenvalue weighted by molar-refractivity contribution is -0.143. The molecule has 1 fully saturated rings. The smallest absolute Gasteiger partial charge is 0.308 e. The quantitative estimate of drug-likeness (QED) is 0.639. The minimum atomic E-state index is -3.81. The van der Waals surface area contributed by atoms with Crippen molar-refractivity contribution in [2.45, 2.75) is 49.5 Å². The lowest BCUT2D eigenvalue weighted by atomic mass is 9.86. The molecule has 1 saturated carbocycles. The second-order valence-corrected chi connectivity index (χ2v) is 8.34. The summed E-state index contributed by atoms with van der Waals surface area (Å²) in [6.45, 7) is -0.152. The summed E-state index contributed by atoms with van der Waals surface area (Å²) in [7, 11) is -3.81. The molecule has 0 heterocycles. The fraction of sp³-hybridized carbons (Fsp3) is 0.474. The molecule has 0 spiro atoms. The van der Waals surface area contributed by atoms with E-state index in [2.05, 4.69) is 16.0 Å². The predicted octanol–water partition coefficient (Wildman–Crippen LogP) is 1.75. The zero-order valence-electron chi connectivity index (χ0n) is 15.0. The average molecular weight is 392 g/mol. The van der Waals surface area contributed by atoms with Crippen LogP contribution in [0.5, 0.6) is 0 Å². The molecule has 2 unspecified atom stereocenters. The minimum Gasteiger partial charge on any atom is -0.481 e. The van der Waals surface area contributed by atoms with Crippen LogP contribution in [0.1, 0.15) is 48.9 Å². The van der Waals surface area contributed by atoms with Gasteiger partial charge in [-0.2, -0.15) is 4.72 Å². The van der Waals surface area contributed by atoms with Crippen molar-refractivity contribution >= 4 is 21.9 Å². The molecule has 3 N–H and O–H groups in total. The van der Waals surface area contributed by atoms with Gasteiger partial charge in [-0.15, -0.1) is 6.42 Å². The Bertz CT molecular complexity index is 829. The molecule has 8 heteroatoms. The molecule has 7 nitrogen and oxygen atoms in total. The van der Waals surface area contributed by atoms with E-state index in [0.29, 0.717) is 12.8 Å². The van der Waals surface area contributed by atoms with E-state index in [1.54, 1.807) is 0 Å². The maximum atomic E-state index is 12.6. The number of carbonyl (C=O) groups excluding carboxylic acids is 1. The van der Waals surface area contributed by atoms with Crippen LogP contribution in [0.2, 0.25) is 0 Å². The number of hydrogen-bond acceptors (Lipinski definition) is 4. The van der Waals surface area contributed by atoms with Crippen molar-refractivity contribution in [2.75, 3.05) is 6.54 Å². The van der Waals surface area contributed by atoms with E-state index >= 15 is 0 Å². The summed E-state index contributed by atoms with van der Waals surface area (Å²) >= 11 is 0. The van der Waals surface area contributed by atoms with Crippen LogP contribution in [0.4, 0.5) is 0 Å². The summed E-state index contributed by atoms with van der Waals surface area (Å²) in [5.74, 6) is 0.141. The van der Waals surface area contributed by atoms with Gasteiger partial charge in [-0.25, -0.2) is 8.42 Å². The average Bonchev–Trinajstić information content (AvgIpc) is 2.62. The van der Waals surface area contributed by atoms with Crippen molar-refractivity contribution in [3.8, 4) is 12.3 Å². The van der Waals surface area contributed by atoms with Crippen molar-refractivity contribution in [1.82, 2.24) is 10.0 Å². The lowest BCUT2D eigenvalue weighted by Crippen LogP contribution is -2.44. The van der Waals surface area contributed by atoms with Crippen LogP contribution in [0, 0.1) is 18.3 Å². The minimum absolute atomic E-state index is 0.0714. The number of terminal acetylenes is 1. The number of aliphatic carboxylic acids is 1. The number of amides is 1. The first kappa shape index (κ1) is 20.9. The first-order chi connectivity index (χ1) is 12.8. The first-order valence-corrected chi connectivity index (χ1v) is 10.4. The Labute approximate surface area is 159 Å². The number of rotatable bonds is 6. The third-order valence-electron chi connectivity index (χ3n) is 4.67. The number of carboxylic acids is 1. The van der Waals surface area contributed by atoms with Gasteiger partial charge in [-0.1, -0.05) is 37.7 Å². The van der Waals surface area contributed by atoms with Crippen LogP contribution < -0.4 is 10.0 Å². The third kappa shape index (κ3) is 5.81. The second kappa shape index (κ2) is 9.53. The molecule has 0 aromatic heterocycles. The van der Waals surface area contributed by atoms with E-state index in [4.69, 9.17) is 6.42 Å². The maximum absolute atomic E-state index is 12.6. The number of nitrogens with one attached hydrogen (secondary N) is 2. The van der Waals surface area contributed by atoms with E-state index in [0.717, 1.165) is 25.7 Å². The van der Waals surface area contributed by atoms with Gasteiger partial charge in [0, 0.05) is 11.6 Å². The van der Waals surface area contributed by atoms with Crippen LogP contribution in [0.3, 0.4) is 0 Å². The van der Waals surface area contributed by atoms with Gasteiger partial charge in [0.1, 0.15) is 0 Å². The fourth-order valence-corrected chi connectivity index (χ4v) is 4.21. The summed E-state index contributed by atoms with van der Waals surface area (Å²) in [5.41, 5.74) is 0.157. The molecule has 0 aliphatic heterocycles. The Hall–Kier alpha value is -2.37. The molecular weight excluding hydrogens is 368 g/mol. The van der Waals surface area contributed by atoms with Gasteiger partial charge >= 0.3 is 5.97 Å². The van der Waals surface area contributed by atoms with Gasteiger partial charge in [-0.3, -0.25) is 9.59 Å². The van der Waals surface area contributed by atoms with Crippen molar-refractivity contribution in [3.63, 3.8) is 0 Å². The largest absolute Gasteiger partial charge is 0.481 e. The molecule has 1 aliphatic carbocycles. The summed E-state index contributed by atoms with van der Waals surface area (Å²) in [6, 6.07) is 5.11. The number of sulfonamides is 1. The van der Waals surface area contributed by atoms with Crippen molar-refractivity contribution < 1.29 is 23.1 Å². The molecule has 1 aromatic carbocycles. The normalized spacial score (nSPS) is 20.7. The number of hydrogen-bond donors (Lipinski definition) is 3. The molecule has 2 atom stereocenters. The highest BCUT2D eigenvalue weighted by atomic mass is 32.2. The van der Waals surface area contributed by atoms with Gasteiger partial charge in [-0.05, 0) is 31.0 Å². The zero-order valence-corrected chi connectivity index (χ0v) is 15.8. The van der Waals surface area contributed by atoms with Gasteiger partial charge in [0.05, 0.1) is 17.4 Å². The van der Waals surface area contributed by atoms with Gasteiger partial charge in [0.2, 0.25) is 10.0 Å².